The zero-order valence-corrected chi connectivity index (χ0v) is 14.1. The molecule has 0 spiro atoms. The number of hydrogen-bond donors (Lipinski definition) is 1. The van der Waals surface area contributed by atoms with Crippen LogP contribution < -0.4 is 10.1 Å². The van der Waals surface area contributed by atoms with Gasteiger partial charge in [0.2, 0.25) is 0 Å². The van der Waals surface area contributed by atoms with Crippen molar-refractivity contribution >= 4 is 5.91 Å². The van der Waals surface area contributed by atoms with Crippen molar-refractivity contribution in [3.8, 4) is 5.75 Å². The van der Waals surface area contributed by atoms with Crippen molar-refractivity contribution in [2.75, 3.05) is 0 Å². The summed E-state index contributed by atoms with van der Waals surface area (Å²) in [7, 11) is 0. The van der Waals surface area contributed by atoms with E-state index in [0.29, 0.717) is 4.68 Å². The number of ether oxygens (including phenoxy) is 1. The van der Waals surface area contributed by atoms with Gasteiger partial charge in [-0.05, 0) is 31.7 Å². The van der Waals surface area contributed by atoms with Crippen LogP contribution in [0.4, 0.5) is 13.2 Å². The van der Waals surface area contributed by atoms with E-state index in [0.717, 1.165) is 49.4 Å². The molecule has 3 rings (SSSR count). The number of nitrogens with one attached hydrogen (secondary N) is 1. The molecular weight excluding hydrogens is 347 g/mol. The number of halogens is 3. The molecule has 2 aromatic rings. The van der Waals surface area contributed by atoms with E-state index >= 15 is 0 Å². The lowest BCUT2D eigenvalue weighted by Crippen LogP contribution is -2.23. The first kappa shape index (κ1) is 18.3. The Kier molecular flexibility index (Phi) is 5.49. The highest BCUT2D eigenvalue weighted by Gasteiger charge is 2.28. The van der Waals surface area contributed by atoms with E-state index in [1.165, 1.54) is 0 Å². The maximum absolute atomic E-state index is 12.4. The Bertz CT molecular complexity index is 752. The molecule has 0 saturated heterocycles. The van der Waals surface area contributed by atoms with E-state index in [1.807, 2.05) is 24.3 Å². The number of nitrogens with zero attached hydrogens (tertiary/aromatic N) is 2. The Morgan fingerprint density at radius 2 is 2.00 bits per heavy atom. The molecule has 8 heteroatoms. The van der Waals surface area contributed by atoms with Gasteiger partial charge in [0, 0.05) is 18.3 Å². The van der Waals surface area contributed by atoms with E-state index in [9.17, 15) is 18.0 Å². The molecule has 1 aliphatic rings. The van der Waals surface area contributed by atoms with Crippen molar-refractivity contribution in [3.63, 3.8) is 0 Å². The molecule has 1 aromatic carbocycles. The number of rotatable bonds is 6. The van der Waals surface area contributed by atoms with Gasteiger partial charge in [-0.25, -0.2) is 0 Å². The standard InChI is InChI=1S/C18H20F3N3O2/c19-18(20,21)12-24-11-14(10-23-24)17(25)22-9-13-5-1-4-8-16(13)26-15-6-2-3-7-15/h1,4-5,8,10-11,15H,2-3,6-7,9,12H2,(H,22,25). The molecule has 1 N–H and O–H groups in total. The van der Waals surface area contributed by atoms with Crippen LogP contribution in [0.1, 0.15) is 41.6 Å². The topological polar surface area (TPSA) is 56.1 Å². The van der Waals surface area contributed by atoms with Crippen LogP contribution >= 0.6 is 0 Å². The largest absolute Gasteiger partial charge is 0.490 e. The van der Waals surface area contributed by atoms with Crippen LogP contribution in [0.25, 0.3) is 0 Å². The van der Waals surface area contributed by atoms with Crippen LogP contribution in [-0.2, 0) is 13.1 Å². The lowest BCUT2D eigenvalue weighted by atomic mass is 10.2. The van der Waals surface area contributed by atoms with Crippen LogP contribution in [0, 0.1) is 0 Å². The van der Waals surface area contributed by atoms with Gasteiger partial charge in [-0.15, -0.1) is 0 Å². The molecule has 1 amide bonds. The average molecular weight is 367 g/mol. The van der Waals surface area contributed by atoms with Crippen molar-refractivity contribution in [1.29, 1.82) is 0 Å². The highest BCUT2D eigenvalue weighted by molar-refractivity contribution is 5.93. The molecule has 1 aliphatic carbocycles. The molecule has 26 heavy (non-hydrogen) atoms. The SMILES string of the molecule is O=C(NCc1ccccc1OC1CCCC1)c1cnn(CC(F)(F)F)c1. The molecule has 0 bridgehead atoms. The lowest BCUT2D eigenvalue weighted by Gasteiger charge is -2.16. The smallest absolute Gasteiger partial charge is 0.408 e. The summed E-state index contributed by atoms with van der Waals surface area (Å²) in [6.07, 6.45) is 2.41. The fourth-order valence-electron chi connectivity index (χ4n) is 2.98. The predicted octanol–water partition coefficient (Wildman–Crippen LogP) is 3.70. The van der Waals surface area contributed by atoms with Gasteiger partial charge in [-0.1, -0.05) is 18.2 Å². The molecule has 140 valence electrons. The van der Waals surface area contributed by atoms with Crippen LogP contribution in [0.3, 0.4) is 0 Å². The van der Waals surface area contributed by atoms with Gasteiger partial charge >= 0.3 is 6.18 Å². The molecule has 1 saturated carbocycles. The minimum absolute atomic E-state index is 0.0865. The molecule has 5 nitrogen and oxygen atoms in total. The summed E-state index contributed by atoms with van der Waals surface area (Å²) in [6.45, 7) is -0.996. The summed E-state index contributed by atoms with van der Waals surface area (Å²) in [5.41, 5.74) is 0.916. The maximum atomic E-state index is 12.4. The quantitative estimate of drug-likeness (QED) is 0.847. The van der Waals surface area contributed by atoms with E-state index in [4.69, 9.17) is 4.74 Å². The minimum atomic E-state index is -4.38. The third-order valence-electron chi connectivity index (χ3n) is 4.24. The number of amides is 1. The van der Waals surface area contributed by atoms with Crippen molar-refractivity contribution in [2.45, 2.75) is 51.1 Å². The van der Waals surface area contributed by atoms with E-state index in [-0.39, 0.29) is 18.2 Å². The van der Waals surface area contributed by atoms with Gasteiger partial charge in [0.25, 0.3) is 5.91 Å². The van der Waals surface area contributed by atoms with Gasteiger partial charge in [-0.3, -0.25) is 9.48 Å². The number of aromatic nitrogens is 2. The Labute approximate surface area is 149 Å². The molecule has 0 aliphatic heterocycles. The fraction of sp³-hybridized carbons (Fsp3) is 0.444. The number of para-hydroxylation sites is 1. The average Bonchev–Trinajstić information content (AvgIpc) is 3.24. The maximum Gasteiger partial charge on any atom is 0.408 e. The molecule has 0 radical (unpaired) electrons. The summed E-state index contributed by atoms with van der Waals surface area (Å²) in [5, 5.41) is 6.28. The van der Waals surface area contributed by atoms with Gasteiger partial charge in [-0.2, -0.15) is 18.3 Å². The molecule has 1 aromatic heterocycles. The Morgan fingerprint density at radius 1 is 1.27 bits per heavy atom. The van der Waals surface area contributed by atoms with Crippen molar-refractivity contribution in [3.05, 3.63) is 47.8 Å². The second kappa shape index (κ2) is 7.80. The van der Waals surface area contributed by atoms with Crippen molar-refractivity contribution < 1.29 is 22.7 Å². The summed E-state index contributed by atoms with van der Waals surface area (Å²) < 4.78 is 43.8. The number of benzene rings is 1. The number of alkyl halides is 3. The molecule has 1 heterocycles. The first-order chi connectivity index (χ1) is 12.4. The fourth-order valence-corrected chi connectivity index (χ4v) is 2.98. The first-order valence-corrected chi connectivity index (χ1v) is 8.53. The minimum Gasteiger partial charge on any atom is -0.490 e. The van der Waals surface area contributed by atoms with E-state index in [2.05, 4.69) is 10.4 Å². The number of carbonyl (C=O) groups excluding carboxylic acids is 1. The van der Waals surface area contributed by atoms with Crippen LogP contribution in [0.5, 0.6) is 5.75 Å². The molecule has 0 atom stereocenters. The summed E-state index contributed by atoms with van der Waals surface area (Å²) in [6, 6.07) is 7.44. The third-order valence-corrected chi connectivity index (χ3v) is 4.24. The van der Waals surface area contributed by atoms with Crippen molar-refractivity contribution in [1.82, 2.24) is 15.1 Å². The lowest BCUT2D eigenvalue weighted by molar-refractivity contribution is -0.142. The van der Waals surface area contributed by atoms with Crippen LogP contribution in [0.2, 0.25) is 0 Å². The normalized spacial score (nSPS) is 15.2. The van der Waals surface area contributed by atoms with E-state index in [1.54, 1.807) is 0 Å². The first-order valence-electron chi connectivity index (χ1n) is 8.53. The second-order valence-corrected chi connectivity index (χ2v) is 6.36. The van der Waals surface area contributed by atoms with Gasteiger partial charge in [0.1, 0.15) is 12.3 Å². The highest BCUT2D eigenvalue weighted by atomic mass is 19.4. The zero-order valence-electron chi connectivity index (χ0n) is 14.1. The highest BCUT2D eigenvalue weighted by Crippen LogP contribution is 2.26. The van der Waals surface area contributed by atoms with Crippen molar-refractivity contribution in [2.24, 2.45) is 0 Å². The molecule has 1 fully saturated rings. The van der Waals surface area contributed by atoms with Gasteiger partial charge in [0.15, 0.2) is 0 Å². The number of carbonyl (C=O) groups is 1. The third kappa shape index (κ3) is 5.00. The predicted molar refractivity (Wildman–Crippen MR) is 88.8 cm³/mol. The van der Waals surface area contributed by atoms with E-state index < -0.39 is 18.6 Å². The Hall–Kier alpha value is -2.51. The second-order valence-electron chi connectivity index (χ2n) is 6.36. The van der Waals surface area contributed by atoms with Gasteiger partial charge < -0.3 is 10.1 Å². The summed E-state index contributed by atoms with van der Waals surface area (Å²) >= 11 is 0. The Balaban J connectivity index is 1.59. The molecular formula is C18H20F3N3O2. The summed E-state index contributed by atoms with van der Waals surface area (Å²) in [4.78, 5) is 12.2. The monoisotopic (exact) mass is 367 g/mol. The molecule has 0 unspecified atom stereocenters. The van der Waals surface area contributed by atoms with Crippen LogP contribution in [0.15, 0.2) is 36.7 Å². The number of hydrogen-bond acceptors (Lipinski definition) is 3. The van der Waals surface area contributed by atoms with Crippen LogP contribution in [-0.4, -0.2) is 28.0 Å². The van der Waals surface area contributed by atoms with Gasteiger partial charge in [0.05, 0.1) is 17.9 Å². The Morgan fingerprint density at radius 3 is 2.73 bits per heavy atom. The summed E-state index contributed by atoms with van der Waals surface area (Å²) in [5.74, 6) is 0.251. The zero-order chi connectivity index (χ0) is 18.6.